The van der Waals surface area contributed by atoms with Gasteiger partial charge in [0.2, 0.25) is 0 Å². The molecule has 1 aromatic rings. The second-order valence-electron chi connectivity index (χ2n) is 4.38. The molecule has 0 atom stereocenters. The summed E-state index contributed by atoms with van der Waals surface area (Å²) in [4.78, 5) is 0. The number of hydrogen-bond donors (Lipinski definition) is 1. The summed E-state index contributed by atoms with van der Waals surface area (Å²) in [6.45, 7) is 6.02. The van der Waals surface area contributed by atoms with Gasteiger partial charge in [0.15, 0.2) is 0 Å². The minimum atomic E-state index is -0.0799. The second-order valence-corrected chi connectivity index (χ2v) is 4.38. The lowest BCUT2D eigenvalue weighted by Gasteiger charge is -2.16. The molecule has 0 saturated carbocycles. The fourth-order valence-electron chi connectivity index (χ4n) is 1.20. The van der Waals surface area contributed by atoms with Gasteiger partial charge < -0.3 is 10.2 Å². The maximum absolute atomic E-state index is 5.86. The molecule has 0 unspecified atom stereocenters. The summed E-state index contributed by atoms with van der Waals surface area (Å²) in [6.07, 6.45) is 6.08. The third kappa shape index (κ3) is 4.28. The van der Waals surface area contributed by atoms with E-state index >= 15 is 0 Å². The molecule has 0 radical (unpaired) electrons. The van der Waals surface area contributed by atoms with Gasteiger partial charge in [0.1, 0.15) is 11.5 Å². The fraction of sp³-hybridized carbons (Fsp3) is 0.500. The summed E-state index contributed by atoms with van der Waals surface area (Å²) >= 11 is 0. The average Bonchev–Trinajstić information content (AvgIpc) is 2.44. The van der Waals surface area contributed by atoms with Gasteiger partial charge in [-0.2, -0.15) is 0 Å². The molecule has 0 aliphatic carbocycles. The topological polar surface area (TPSA) is 39.2 Å². The Morgan fingerprint density at radius 3 is 2.64 bits per heavy atom. The summed E-state index contributed by atoms with van der Waals surface area (Å²) in [7, 11) is 0. The average molecular weight is 193 g/mol. The Balaban J connectivity index is 2.35. The van der Waals surface area contributed by atoms with Crippen molar-refractivity contribution in [1.29, 1.82) is 0 Å². The van der Waals surface area contributed by atoms with Crippen molar-refractivity contribution < 1.29 is 4.42 Å². The van der Waals surface area contributed by atoms with E-state index in [2.05, 4.69) is 6.08 Å². The second kappa shape index (κ2) is 4.47. The third-order valence-electron chi connectivity index (χ3n) is 2.00. The zero-order valence-corrected chi connectivity index (χ0v) is 9.21. The zero-order valence-electron chi connectivity index (χ0n) is 9.21. The van der Waals surface area contributed by atoms with Crippen molar-refractivity contribution >= 4 is 6.08 Å². The van der Waals surface area contributed by atoms with Gasteiger partial charge in [0.05, 0.1) is 0 Å². The standard InChI is InChI=1S/C12H19NO/c1-10-7-8-11(14-10)6-4-5-9-12(2,3)13/h4,6-8H,5,9,13H2,1-3H3/b6-4+. The van der Waals surface area contributed by atoms with Gasteiger partial charge in [0, 0.05) is 5.54 Å². The normalized spacial score (nSPS) is 12.6. The third-order valence-corrected chi connectivity index (χ3v) is 2.00. The minimum Gasteiger partial charge on any atom is -0.462 e. The number of aryl methyl sites for hydroxylation is 1. The molecule has 0 spiro atoms. The van der Waals surface area contributed by atoms with Crippen molar-refractivity contribution in [2.75, 3.05) is 0 Å². The van der Waals surface area contributed by atoms with Crippen LogP contribution in [0.2, 0.25) is 0 Å². The predicted molar refractivity (Wildman–Crippen MR) is 60.0 cm³/mol. The maximum Gasteiger partial charge on any atom is 0.126 e. The van der Waals surface area contributed by atoms with Gasteiger partial charge in [-0.1, -0.05) is 6.08 Å². The van der Waals surface area contributed by atoms with Crippen LogP contribution < -0.4 is 5.73 Å². The van der Waals surface area contributed by atoms with Crippen LogP contribution in [-0.4, -0.2) is 5.54 Å². The number of hydrogen-bond acceptors (Lipinski definition) is 2. The molecular formula is C12H19NO. The van der Waals surface area contributed by atoms with E-state index in [1.54, 1.807) is 0 Å². The zero-order chi connectivity index (χ0) is 10.6. The van der Waals surface area contributed by atoms with E-state index in [0.29, 0.717) is 0 Å². The Labute approximate surface area is 85.8 Å². The van der Waals surface area contributed by atoms with E-state index in [-0.39, 0.29) is 5.54 Å². The first-order chi connectivity index (χ1) is 6.47. The quantitative estimate of drug-likeness (QED) is 0.798. The van der Waals surface area contributed by atoms with Crippen molar-refractivity contribution in [3.05, 3.63) is 29.7 Å². The van der Waals surface area contributed by atoms with Gasteiger partial charge in [-0.05, 0) is 51.8 Å². The van der Waals surface area contributed by atoms with E-state index in [4.69, 9.17) is 10.2 Å². The molecule has 0 amide bonds. The van der Waals surface area contributed by atoms with Crippen LogP contribution in [0.5, 0.6) is 0 Å². The molecule has 2 heteroatoms. The number of rotatable bonds is 4. The summed E-state index contributed by atoms with van der Waals surface area (Å²) in [5.74, 6) is 1.86. The highest BCUT2D eigenvalue weighted by molar-refractivity contribution is 5.42. The molecule has 78 valence electrons. The smallest absolute Gasteiger partial charge is 0.126 e. The molecule has 0 saturated heterocycles. The highest BCUT2D eigenvalue weighted by Crippen LogP contribution is 2.11. The molecule has 0 bridgehead atoms. The van der Waals surface area contributed by atoms with Gasteiger partial charge in [0.25, 0.3) is 0 Å². The molecule has 0 aromatic carbocycles. The number of nitrogens with two attached hydrogens (primary N) is 1. The van der Waals surface area contributed by atoms with Crippen molar-refractivity contribution in [2.45, 2.75) is 39.2 Å². The molecule has 0 aliphatic heterocycles. The molecular weight excluding hydrogens is 174 g/mol. The fourth-order valence-corrected chi connectivity index (χ4v) is 1.20. The van der Waals surface area contributed by atoms with Gasteiger partial charge in [-0.25, -0.2) is 0 Å². The molecule has 14 heavy (non-hydrogen) atoms. The predicted octanol–water partition coefficient (Wildman–Crippen LogP) is 3.12. The number of allylic oxidation sites excluding steroid dienone is 1. The van der Waals surface area contributed by atoms with Crippen molar-refractivity contribution in [3.8, 4) is 0 Å². The van der Waals surface area contributed by atoms with Crippen LogP contribution in [-0.2, 0) is 0 Å². The molecule has 1 heterocycles. The summed E-state index contributed by atoms with van der Waals surface area (Å²) in [6, 6.07) is 3.94. The van der Waals surface area contributed by atoms with Crippen LogP contribution in [0.1, 0.15) is 38.2 Å². The van der Waals surface area contributed by atoms with Gasteiger partial charge >= 0.3 is 0 Å². The Bertz CT molecular complexity index is 304. The largest absolute Gasteiger partial charge is 0.462 e. The maximum atomic E-state index is 5.86. The Morgan fingerprint density at radius 1 is 1.43 bits per heavy atom. The summed E-state index contributed by atoms with van der Waals surface area (Å²) in [5.41, 5.74) is 5.78. The lowest BCUT2D eigenvalue weighted by atomic mass is 10.00. The minimum absolute atomic E-state index is 0.0799. The van der Waals surface area contributed by atoms with E-state index in [1.807, 2.05) is 39.0 Å². The van der Waals surface area contributed by atoms with Crippen LogP contribution >= 0.6 is 0 Å². The van der Waals surface area contributed by atoms with Crippen LogP contribution in [0.25, 0.3) is 6.08 Å². The van der Waals surface area contributed by atoms with Gasteiger partial charge in [-0.15, -0.1) is 0 Å². The van der Waals surface area contributed by atoms with Crippen LogP contribution in [0.15, 0.2) is 22.6 Å². The van der Waals surface area contributed by atoms with E-state index in [1.165, 1.54) is 0 Å². The Kier molecular flexibility index (Phi) is 3.53. The van der Waals surface area contributed by atoms with E-state index in [0.717, 1.165) is 24.4 Å². The molecule has 2 nitrogen and oxygen atoms in total. The lowest BCUT2D eigenvalue weighted by Crippen LogP contribution is -2.31. The van der Waals surface area contributed by atoms with Crippen LogP contribution in [0, 0.1) is 6.92 Å². The SMILES string of the molecule is Cc1ccc(/C=C/CCC(C)(C)N)o1. The van der Waals surface area contributed by atoms with E-state index in [9.17, 15) is 0 Å². The highest BCUT2D eigenvalue weighted by Gasteiger charge is 2.07. The molecule has 0 fully saturated rings. The molecule has 0 aliphatic rings. The van der Waals surface area contributed by atoms with Crippen molar-refractivity contribution in [1.82, 2.24) is 0 Å². The number of furan rings is 1. The molecule has 1 aromatic heterocycles. The highest BCUT2D eigenvalue weighted by atomic mass is 16.3. The Hall–Kier alpha value is -1.02. The summed E-state index contributed by atoms with van der Waals surface area (Å²) in [5, 5.41) is 0. The summed E-state index contributed by atoms with van der Waals surface area (Å²) < 4.78 is 5.40. The van der Waals surface area contributed by atoms with Gasteiger partial charge in [-0.3, -0.25) is 0 Å². The lowest BCUT2D eigenvalue weighted by molar-refractivity contribution is 0.481. The van der Waals surface area contributed by atoms with Crippen LogP contribution in [0.4, 0.5) is 0 Å². The van der Waals surface area contributed by atoms with E-state index < -0.39 is 0 Å². The monoisotopic (exact) mass is 193 g/mol. The van der Waals surface area contributed by atoms with Crippen molar-refractivity contribution in [3.63, 3.8) is 0 Å². The van der Waals surface area contributed by atoms with Crippen LogP contribution in [0.3, 0.4) is 0 Å². The Morgan fingerprint density at radius 2 is 2.14 bits per heavy atom. The molecule has 1 rings (SSSR count). The van der Waals surface area contributed by atoms with Crippen molar-refractivity contribution in [2.24, 2.45) is 5.73 Å². The molecule has 2 N–H and O–H groups in total. The first-order valence-electron chi connectivity index (χ1n) is 4.99. The first kappa shape index (κ1) is 11.1. The first-order valence-corrected chi connectivity index (χ1v) is 4.99.